The molecule has 2 aliphatic rings. The first-order chi connectivity index (χ1) is 15.7. The number of anilines is 2. The normalized spacial score (nSPS) is 16.0. The van der Waals surface area contributed by atoms with Crippen molar-refractivity contribution in [3.63, 3.8) is 0 Å². The lowest BCUT2D eigenvalue weighted by Gasteiger charge is -2.29. The molecule has 8 heteroatoms. The number of aromatic nitrogens is 3. The van der Waals surface area contributed by atoms with Gasteiger partial charge in [0.05, 0.1) is 6.67 Å². The molecule has 5 rings (SSSR count). The van der Waals surface area contributed by atoms with E-state index in [4.69, 9.17) is 17.3 Å². The van der Waals surface area contributed by atoms with Crippen LogP contribution in [0.1, 0.15) is 36.2 Å². The fourth-order valence-electron chi connectivity index (χ4n) is 4.62. The highest BCUT2D eigenvalue weighted by Crippen LogP contribution is 2.27. The van der Waals surface area contributed by atoms with Crippen LogP contribution in [-0.4, -0.2) is 31.8 Å². The van der Waals surface area contributed by atoms with Gasteiger partial charge in [0.15, 0.2) is 4.77 Å². The Balaban J connectivity index is 1.27. The van der Waals surface area contributed by atoms with Gasteiger partial charge >= 0.3 is 6.03 Å². The molecule has 0 fully saturated rings. The van der Waals surface area contributed by atoms with Crippen LogP contribution in [0.3, 0.4) is 0 Å². The molecule has 2 amide bonds. The number of urea groups is 1. The van der Waals surface area contributed by atoms with Crippen molar-refractivity contribution in [2.24, 2.45) is 0 Å². The lowest BCUT2D eigenvalue weighted by Crippen LogP contribution is -2.33. The summed E-state index contributed by atoms with van der Waals surface area (Å²) in [6.45, 7) is 3.40. The van der Waals surface area contributed by atoms with Gasteiger partial charge in [0, 0.05) is 37.4 Å². The van der Waals surface area contributed by atoms with E-state index in [1.165, 1.54) is 30.4 Å². The summed E-state index contributed by atoms with van der Waals surface area (Å²) in [6.07, 6.45) is 5.51. The minimum absolute atomic E-state index is 0.224. The Morgan fingerprint density at radius 2 is 1.84 bits per heavy atom. The highest BCUT2D eigenvalue weighted by atomic mass is 32.1. The van der Waals surface area contributed by atoms with Crippen molar-refractivity contribution >= 4 is 29.6 Å². The first-order valence-electron chi connectivity index (χ1n) is 11.3. The quantitative estimate of drug-likeness (QED) is 0.563. The minimum Gasteiger partial charge on any atom is -0.308 e. The van der Waals surface area contributed by atoms with Gasteiger partial charge in [-0.2, -0.15) is 5.10 Å². The Kier molecular flexibility index (Phi) is 6.05. The van der Waals surface area contributed by atoms with Crippen molar-refractivity contribution in [3.8, 4) is 0 Å². The minimum atomic E-state index is -0.224. The molecule has 3 aromatic rings. The van der Waals surface area contributed by atoms with Crippen molar-refractivity contribution in [1.29, 1.82) is 0 Å². The average molecular weight is 449 g/mol. The predicted molar refractivity (Wildman–Crippen MR) is 128 cm³/mol. The summed E-state index contributed by atoms with van der Waals surface area (Å²) in [5, 5.41) is 10.7. The largest absolute Gasteiger partial charge is 0.323 e. The van der Waals surface area contributed by atoms with Gasteiger partial charge in [-0.1, -0.05) is 36.8 Å². The van der Waals surface area contributed by atoms with Crippen LogP contribution < -0.4 is 10.6 Å². The molecule has 32 heavy (non-hydrogen) atoms. The third-order valence-corrected chi connectivity index (χ3v) is 6.67. The molecule has 2 N–H and O–H groups in total. The number of nitrogens with one attached hydrogen (secondary N) is 2. The third kappa shape index (κ3) is 4.47. The van der Waals surface area contributed by atoms with Crippen LogP contribution in [-0.2, 0) is 32.6 Å². The third-order valence-electron chi connectivity index (χ3n) is 6.24. The van der Waals surface area contributed by atoms with Gasteiger partial charge in [-0.15, -0.1) is 0 Å². The molecule has 3 heterocycles. The highest BCUT2D eigenvalue weighted by Gasteiger charge is 2.21. The molecule has 0 unspecified atom stereocenters. The summed E-state index contributed by atoms with van der Waals surface area (Å²) in [7, 11) is 0. The summed E-state index contributed by atoms with van der Waals surface area (Å²) in [6, 6.07) is 15.4. The summed E-state index contributed by atoms with van der Waals surface area (Å²) in [5.41, 5.74) is 4.09. The number of carbonyl (C=O) groups excluding carboxylic acids is 1. The van der Waals surface area contributed by atoms with Crippen molar-refractivity contribution < 1.29 is 4.79 Å². The van der Waals surface area contributed by atoms with Gasteiger partial charge in [0.1, 0.15) is 5.82 Å². The van der Waals surface area contributed by atoms with Crippen LogP contribution in [0.2, 0.25) is 0 Å². The van der Waals surface area contributed by atoms with E-state index < -0.39 is 0 Å². The summed E-state index contributed by atoms with van der Waals surface area (Å²) < 4.78 is 5.03. The number of nitrogens with zero attached hydrogens (tertiary/aromatic N) is 4. The zero-order valence-corrected chi connectivity index (χ0v) is 18.9. The number of rotatable bonds is 4. The fourth-order valence-corrected chi connectivity index (χ4v) is 4.91. The maximum Gasteiger partial charge on any atom is 0.323 e. The van der Waals surface area contributed by atoms with E-state index in [1.807, 2.05) is 47.1 Å². The van der Waals surface area contributed by atoms with E-state index in [9.17, 15) is 4.79 Å². The monoisotopic (exact) mass is 448 g/mol. The SMILES string of the molecule is O=C(Nc1ccccc1)Nc1cccc2c1CCN(Cn1nc3n(c1=S)CCCCC3)C2. The van der Waals surface area contributed by atoms with E-state index in [0.29, 0.717) is 6.67 Å². The average Bonchev–Trinajstić information content (AvgIpc) is 2.95. The lowest BCUT2D eigenvalue weighted by molar-refractivity contribution is 0.187. The molecule has 166 valence electrons. The van der Waals surface area contributed by atoms with E-state index in [0.717, 1.165) is 54.4 Å². The second kappa shape index (κ2) is 9.26. The Morgan fingerprint density at radius 3 is 2.72 bits per heavy atom. The smallest absolute Gasteiger partial charge is 0.308 e. The molecule has 0 aliphatic carbocycles. The van der Waals surface area contributed by atoms with E-state index in [1.54, 1.807) is 0 Å². The van der Waals surface area contributed by atoms with Gasteiger partial charge in [0.25, 0.3) is 0 Å². The first kappa shape index (κ1) is 20.9. The number of carbonyl (C=O) groups is 1. The van der Waals surface area contributed by atoms with Crippen molar-refractivity contribution in [2.75, 3.05) is 17.2 Å². The van der Waals surface area contributed by atoms with Crippen molar-refractivity contribution in [2.45, 2.75) is 51.9 Å². The fraction of sp³-hybridized carbons (Fsp3) is 0.375. The topological polar surface area (TPSA) is 67.1 Å². The van der Waals surface area contributed by atoms with Gasteiger partial charge in [-0.25, -0.2) is 9.48 Å². The first-order valence-corrected chi connectivity index (χ1v) is 11.7. The molecular weight excluding hydrogens is 420 g/mol. The number of amides is 2. The summed E-state index contributed by atoms with van der Waals surface area (Å²) in [5.74, 6) is 1.13. The second-order valence-electron chi connectivity index (χ2n) is 8.49. The van der Waals surface area contributed by atoms with E-state index in [2.05, 4.69) is 26.2 Å². The second-order valence-corrected chi connectivity index (χ2v) is 8.86. The Morgan fingerprint density at radius 1 is 0.969 bits per heavy atom. The molecule has 0 saturated carbocycles. The van der Waals surface area contributed by atoms with Crippen LogP contribution in [0.4, 0.5) is 16.2 Å². The molecule has 2 aliphatic heterocycles. The molecular formula is C24H28N6OS. The number of aryl methyl sites for hydroxylation is 1. The molecule has 0 spiro atoms. The molecule has 0 radical (unpaired) electrons. The Hall–Kier alpha value is -2.97. The molecule has 0 saturated heterocycles. The van der Waals surface area contributed by atoms with Crippen LogP contribution >= 0.6 is 12.2 Å². The predicted octanol–water partition coefficient (Wildman–Crippen LogP) is 4.80. The zero-order valence-electron chi connectivity index (χ0n) is 18.1. The number of para-hydroxylation sites is 1. The maximum atomic E-state index is 12.5. The standard InChI is InChI=1S/C24H28N6OS/c31-23(25-19-9-3-1-4-10-19)26-21-11-7-8-18-16-28(15-13-20(18)21)17-30-24(32)29-14-6-2-5-12-22(29)27-30/h1,3-4,7-11H,2,5-6,12-17H2,(H2,25,26,31). The summed E-state index contributed by atoms with van der Waals surface area (Å²) in [4.78, 5) is 14.8. The van der Waals surface area contributed by atoms with Crippen LogP contribution in [0.15, 0.2) is 48.5 Å². The number of hydrogen-bond acceptors (Lipinski definition) is 4. The molecule has 2 aromatic carbocycles. The number of benzene rings is 2. The molecule has 0 bridgehead atoms. The van der Waals surface area contributed by atoms with E-state index in [-0.39, 0.29) is 6.03 Å². The summed E-state index contributed by atoms with van der Waals surface area (Å²) >= 11 is 5.72. The van der Waals surface area contributed by atoms with Crippen LogP contribution in [0.25, 0.3) is 0 Å². The zero-order chi connectivity index (χ0) is 21.9. The maximum absolute atomic E-state index is 12.5. The van der Waals surface area contributed by atoms with Crippen LogP contribution in [0, 0.1) is 4.77 Å². The highest BCUT2D eigenvalue weighted by molar-refractivity contribution is 7.71. The molecule has 0 atom stereocenters. The van der Waals surface area contributed by atoms with Gasteiger partial charge < -0.3 is 15.2 Å². The molecule has 1 aromatic heterocycles. The van der Waals surface area contributed by atoms with E-state index >= 15 is 0 Å². The van der Waals surface area contributed by atoms with Crippen LogP contribution in [0.5, 0.6) is 0 Å². The van der Waals surface area contributed by atoms with Crippen molar-refractivity contribution in [3.05, 3.63) is 70.3 Å². The Labute approximate surface area is 193 Å². The van der Waals surface area contributed by atoms with Gasteiger partial charge in [0.2, 0.25) is 0 Å². The number of hydrogen-bond donors (Lipinski definition) is 2. The Bertz CT molecular complexity index is 1170. The van der Waals surface area contributed by atoms with Gasteiger partial charge in [-0.3, -0.25) is 4.90 Å². The number of fused-ring (bicyclic) bond motifs is 2. The van der Waals surface area contributed by atoms with Gasteiger partial charge in [-0.05, 0) is 60.8 Å². The molecule has 7 nitrogen and oxygen atoms in total. The van der Waals surface area contributed by atoms with Crippen molar-refractivity contribution in [1.82, 2.24) is 19.2 Å². The lowest BCUT2D eigenvalue weighted by atomic mass is 9.98.